The Morgan fingerprint density at radius 1 is 1.17 bits per heavy atom. The Balaban J connectivity index is 1.96. The minimum Gasteiger partial charge on any atom is -0.322 e. The van der Waals surface area contributed by atoms with Crippen LogP contribution in [0.5, 0.6) is 0 Å². The first-order chi connectivity index (χ1) is 10.8. The van der Waals surface area contributed by atoms with Crippen LogP contribution in [0.1, 0.15) is 19.4 Å². The molecule has 1 saturated heterocycles. The zero-order valence-corrected chi connectivity index (χ0v) is 13.4. The molecule has 7 heteroatoms. The second kappa shape index (κ2) is 7.21. The third-order valence-electron chi connectivity index (χ3n) is 3.76. The number of para-hydroxylation sites is 1. The summed E-state index contributed by atoms with van der Waals surface area (Å²) in [6.07, 6.45) is -4.49. The zero-order valence-electron chi connectivity index (χ0n) is 13.4. The standard InChI is InChI=1S/C16H22F3N3O/c1-12(2)11-21-7-9-22(10-8-21)15(23)20-14-6-4-3-5-13(14)16(17,18)19/h3-6,12H,7-11H2,1-2H3,(H,20,23). The van der Waals surface area contributed by atoms with Gasteiger partial charge in [0.2, 0.25) is 0 Å². The van der Waals surface area contributed by atoms with Gasteiger partial charge in [0.05, 0.1) is 11.3 Å². The number of nitrogens with one attached hydrogen (secondary N) is 1. The fraction of sp³-hybridized carbons (Fsp3) is 0.562. The molecule has 128 valence electrons. The molecule has 1 heterocycles. The van der Waals surface area contributed by atoms with E-state index >= 15 is 0 Å². The Morgan fingerprint density at radius 3 is 2.35 bits per heavy atom. The Kier molecular flexibility index (Phi) is 5.51. The number of halogens is 3. The van der Waals surface area contributed by atoms with Gasteiger partial charge >= 0.3 is 12.2 Å². The van der Waals surface area contributed by atoms with Gasteiger partial charge in [-0.1, -0.05) is 26.0 Å². The predicted octanol–water partition coefficient (Wildman–Crippen LogP) is 3.51. The molecule has 1 N–H and O–H groups in total. The van der Waals surface area contributed by atoms with Crippen LogP contribution in [0.4, 0.5) is 23.7 Å². The number of hydrogen-bond acceptors (Lipinski definition) is 2. The number of urea groups is 1. The van der Waals surface area contributed by atoms with Crippen molar-refractivity contribution in [1.82, 2.24) is 9.80 Å². The monoisotopic (exact) mass is 329 g/mol. The van der Waals surface area contributed by atoms with Crippen LogP contribution >= 0.6 is 0 Å². The molecular weight excluding hydrogens is 307 g/mol. The van der Waals surface area contributed by atoms with Crippen LogP contribution in [0.15, 0.2) is 24.3 Å². The highest BCUT2D eigenvalue weighted by molar-refractivity contribution is 5.90. The molecular formula is C16H22F3N3O. The SMILES string of the molecule is CC(C)CN1CCN(C(=O)Nc2ccccc2C(F)(F)F)CC1. The molecule has 1 aromatic carbocycles. The Hall–Kier alpha value is -1.76. The minimum atomic E-state index is -4.49. The van der Waals surface area contributed by atoms with Crippen LogP contribution in [-0.2, 0) is 6.18 Å². The molecule has 1 fully saturated rings. The lowest BCUT2D eigenvalue weighted by Crippen LogP contribution is -2.50. The van der Waals surface area contributed by atoms with E-state index in [4.69, 9.17) is 0 Å². The molecule has 0 saturated carbocycles. The van der Waals surface area contributed by atoms with Crippen LogP contribution < -0.4 is 5.32 Å². The highest BCUT2D eigenvalue weighted by Gasteiger charge is 2.34. The van der Waals surface area contributed by atoms with Crippen LogP contribution in [-0.4, -0.2) is 48.6 Å². The number of benzene rings is 1. The first kappa shape index (κ1) is 17.6. The molecule has 2 amide bonds. The maximum atomic E-state index is 12.9. The van der Waals surface area contributed by atoms with Crippen LogP contribution in [0.25, 0.3) is 0 Å². The van der Waals surface area contributed by atoms with Crippen LogP contribution in [0.2, 0.25) is 0 Å². The van der Waals surface area contributed by atoms with Gasteiger partial charge in [0.15, 0.2) is 0 Å². The molecule has 23 heavy (non-hydrogen) atoms. The van der Waals surface area contributed by atoms with Gasteiger partial charge in [-0.2, -0.15) is 13.2 Å². The average molecular weight is 329 g/mol. The van der Waals surface area contributed by atoms with Crippen molar-refractivity contribution in [2.24, 2.45) is 5.92 Å². The maximum Gasteiger partial charge on any atom is 0.418 e. The zero-order chi connectivity index (χ0) is 17.0. The van der Waals surface area contributed by atoms with E-state index in [9.17, 15) is 18.0 Å². The lowest BCUT2D eigenvalue weighted by atomic mass is 10.1. The molecule has 1 aliphatic heterocycles. The molecule has 4 nitrogen and oxygen atoms in total. The fourth-order valence-electron chi connectivity index (χ4n) is 2.68. The summed E-state index contributed by atoms with van der Waals surface area (Å²) in [4.78, 5) is 16.0. The molecule has 0 atom stereocenters. The molecule has 0 radical (unpaired) electrons. The number of anilines is 1. The van der Waals surface area contributed by atoms with Crippen LogP contribution in [0, 0.1) is 5.92 Å². The summed E-state index contributed by atoms with van der Waals surface area (Å²) >= 11 is 0. The molecule has 0 bridgehead atoms. The molecule has 1 aromatic rings. The third kappa shape index (κ3) is 4.86. The van der Waals surface area contributed by atoms with Crippen molar-refractivity contribution in [3.8, 4) is 0 Å². The lowest BCUT2D eigenvalue weighted by molar-refractivity contribution is -0.136. The summed E-state index contributed by atoms with van der Waals surface area (Å²) in [5.74, 6) is 0.550. The first-order valence-corrected chi connectivity index (χ1v) is 7.72. The Bertz CT molecular complexity index is 538. The first-order valence-electron chi connectivity index (χ1n) is 7.72. The summed E-state index contributed by atoms with van der Waals surface area (Å²) in [7, 11) is 0. The van der Waals surface area contributed by atoms with E-state index in [0.29, 0.717) is 19.0 Å². The summed E-state index contributed by atoms with van der Waals surface area (Å²) in [6, 6.07) is 4.55. The number of hydrogen-bond donors (Lipinski definition) is 1. The van der Waals surface area contributed by atoms with E-state index in [1.165, 1.54) is 18.2 Å². The third-order valence-corrected chi connectivity index (χ3v) is 3.76. The second-order valence-electron chi connectivity index (χ2n) is 6.15. The normalized spacial score (nSPS) is 16.7. The summed E-state index contributed by atoms with van der Waals surface area (Å²) < 4.78 is 38.8. The number of carbonyl (C=O) groups is 1. The minimum absolute atomic E-state index is 0.199. The smallest absolute Gasteiger partial charge is 0.322 e. The maximum absolute atomic E-state index is 12.9. The Labute approximate surface area is 134 Å². The molecule has 1 aliphatic rings. The van der Waals surface area contributed by atoms with Gasteiger partial charge in [-0.25, -0.2) is 4.79 Å². The van der Waals surface area contributed by atoms with Crippen molar-refractivity contribution in [2.45, 2.75) is 20.0 Å². The van der Waals surface area contributed by atoms with Gasteiger partial charge in [0.25, 0.3) is 0 Å². The van der Waals surface area contributed by atoms with E-state index in [2.05, 4.69) is 24.1 Å². The van der Waals surface area contributed by atoms with E-state index < -0.39 is 17.8 Å². The number of amides is 2. The van der Waals surface area contributed by atoms with Gasteiger partial charge in [-0.15, -0.1) is 0 Å². The number of piperazine rings is 1. The highest BCUT2D eigenvalue weighted by atomic mass is 19.4. The molecule has 0 aromatic heterocycles. The van der Waals surface area contributed by atoms with Crippen molar-refractivity contribution in [3.05, 3.63) is 29.8 Å². The number of rotatable bonds is 3. The molecule has 0 unspecified atom stereocenters. The molecule has 0 aliphatic carbocycles. The van der Waals surface area contributed by atoms with Gasteiger partial charge in [-0.05, 0) is 18.1 Å². The van der Waals surface area contributed by atoms with Crippen LogP contribution in [0.3, 0.4) is 0 Å². The largest absolute Gasteiger partial charge is 0.418 e. The van der Waals surface area contributed by atoms with Gasteiger partial charge < -0.3 is 10.2 Å². The molecule has 2 rings (SSSR count). The second-order valence-corrected chi connectivity index (χ2v) is 6.15. The van der Waals surface area contributed by atoms with E-state index in [1.807, 2.05) is 0 Å². The van der Waals surface area contributed by atoms with Crippen molar-refractivity contribution in [1.29, 1.82) is 0 Å². The summed E-state index contributed by atoms with van der Waals surface area (Å²) in [5.41, 5.74) is -1.03. The summed E-state index contributed by atoms with van der Waals surface area (Å²) in [5, 5.41) is 2.39. The van der Waals surface area contributed by atoms with Gasteiger partial charge in [0, 0.05) is 32.7 Å². The topological polar surface area (TPSA) is 35.6 Å². The van der Waals surface area contributed by atoms with E-state index in [-0.39, 0.29) is 5.69 Å². The fourth-order valence-corrected chi connectivity index (χ4v) is 2.68. The van der Waals surface area contributed by atoms with Crippen molar-refractivity contribution in [3.63, 3.8) is 0 Å². The van der Waals surface area contributed by atoms with Crippen molar-refractivity contribution < 1.29 is 18.0 Å². The number of alkyl halides is 3. The predicted molar refractivity (Wildman–Crippen MR) is 83.3 cm³/mol. The lowest BCUT2D eigenvalue weighted by Gasteiger charge is -2.35. The van der Waals surface area contributed by atoms with E-state index in [1.54, 1.807) is 4.90 Å². The average Bonchev–Trinajstić information content (AvgIpc) is 2.46. The van der Waals surface area contributed by atoms with Gasteiger partial charge in [0.1, 0.15) is 0 Å². The number of nitrogens with zero attached hydrogens (tertiary/aromatic N) is 2. The number of carbonyl (C=O) groups excluding carboxylic acids is 1. The van der Waals surface area contributed by atoms with Crippen molar-refractivity contribution >= 4 is 11.7 Å². The molecule has 0 spiro atoms. The van der Waals surface area contributed by atoms with Gasteiger partial charge in [-0.3, -0.25) is 4.90 Å². The quantitative estimate of drug-likeness (QED) is 0.921. The van der Waals surface area contributed by atoms with Crippen molar-refractivity contribution in [2.75, 3.05) is 38.0 Å². The summed E-state index contributed by atoms with van der Waals surface area (Å²) in [6.45, 7) is 7.76. The van der Waals surface area contributed by atoms with E-state index in [0.717, 1.165) is 25.7 Å². The highest BCUT2D eigenvalue weighted by Crippen LogP contribution is 2.34. The Morgan fingerprint density at radius 2 is 1.78 bits per heavy atom.